The Hall–Kier alpha value is -4.38. The first-order chi connectivity index (χ1) is 17.1. The number of carbonyl (C=O) groups is 1. The highest BCUT2D eigenvalue weighted by Gasteiger charge is 2.14. The number of nitrogens with zero attached hydrogens (tertiary/aromatic N) is 2. The van der Waals surface area contributed by atoms with Gasteiger partial charge < -0.3 is 10.1 Å². The highest BCUT2D eigenvalue weighted by atomic mass is 16.5. The molecule has 0 aliphatic carbocycles. The molecular formula is C30H27N3O2. The number of ether oxygens (including phenoxy) is 1. The highest BCUT2D eigenvalue weighted by molar-refractivity contribution is 6.12. The first kappa shape index (κ1) is 22.4. The lowest BCUT2D eigenvalue weighted by Gasteiger charge is -2.13. The summed E-state index contributed by atoms with van der Waals surface area (Å²) in [4.78, 5) is 13.0. The molecule has 1 aromatic heterocycles. The Morgan fingerprint density at radius 2 is 1.66 bits per heavy atom. The fourth-order valence-electron chi connectivity index (χ4n) is 4.21. The third-order valence-corrected chi connectivity index (χ3v) is 6.03. The van der Waals surface area contributed by atoms with Gasteiger partial charge in [-0.05, 0) is 42.3 Å². The molecule has 35 heavy (non-hydrogen) atoms. The first-order valence-electron chi connectivity index (χ1n) is 11.7. The predicted molar refractivity (Wildman–Crippen MR) is 140 cm³/mol. The molecule has 0 aliphatic rings. The van der Waals surface area contributed by atoms with E-state index in [-0.39, 0.29) is 5.91 Å². The van der Waals surface area contributed by atoms with Crippen LogP contribution in [0, 0.1) is 13.8 Å². The fraction of sp³-hybridized carbons (Fsp3) is 0.133. The maximum absolute atomic E-state index is 13.0. The van der Waals surface area contributed by atoms with Crippen molar-refractivity contribution in [3.63, 3.8) is 0 Å². The second-order valence-electron chi connectivity index (χ2n) is 8.69. The van der Waals surface area contributed by atoms with Crippen LogP contribution < -0.4 is 10.1 Å². The second kappa shape index (κ2) is 9.85. The number of amides is 1. The van der Waals surface area contributed by atoms with Crippen LogP contribution in [0.3, 0.4) is 0 Å². The molecule has 0 fully saturated rings. The summed E-state index contributed by atoms with van der Waals surface area (Å²) in [6.07, 6.45) is 0. The van der Waals surface area contributed by atoms with E-state index in [9.17, 15) is 4.79 Å². The molecule has 0 unspecified atom stereocenters. The monoisotopic (exact) mass is 461 g/mol. The normalized spacial score (nSPS) is 10.9. The molecule has 1 N–H and O–H groups in total. The van der Waals surface area contributed by atoms with Crippen molar-refractivity contribution >= 4 is 22.5 Å². The number of carbonyl (C=O) groups excluding carboxylic acids is 1. The zero-order valence-corrected chi connectivity index (χ0v) is 19.9. The van der Waals surface area contributed by atoms with Gasteiger partial charge in [0, 0.05) is 22.9 Å². The van der Waals surface area contributed by atoms with Crippen LogP contribution in [0.2, 0.25) is 0 Å². The topological polar surface area (TPSA) is 56.1 Å². The summed E-state index contributed by atoms with van der Waals surface area (Å²) in [5.41, 5.74) is 4.90. The number of anilines is 1. The average Bonchev–Trinajstić information content (AvgIpc) is 3.21. The minimum absolute atomic E-state index is 0.172. The third-order valence-electron chi connectivity index (χ3n) is 6.03. The van der Waals surface area contributed by atoms with Crippen molar-refractivity contribution in [1.29, 1.82) is 0 Å². The molecule has 1 amide bonds. The molecule has 174 valence electrons. The van der Waals surface area contributed by atoms with Crippen LogP contribution in [0.1, 0.15) is 32.7 Å². The Kier molecular flexibility index (Phi) is 6.31. The molecule has 0 aliphatic heterocycles. The minimum Gasteiger partial charge on any atom is -0.489 e. The molecule has 0 saturated heterocycles. The van der Waals surface area contributed by atoms with Gasteiger partial charge in [-0.15, -0.1) is 0 Å². The Morgan fingerprint density at radius 1 is 0.886 bits per heavy atom. The summed E-state index contributed by atoms with van der Waals surface area (Å²) in [7, 11) is 0. The van der Waals surface area contributed by atoms with E-state index >= 15 is 0 Å². The van der Waals surface area contributed by atoms with Crippen LogP contribution in [0.25, 0.3) is 10.8 Å². The van der Waals surface area contributed by atoms with E-state index < -0.39 is 0 Å². The second-order valence-corrected chi connectivity index (χ2v) is 8.69. The molecule has 5 aromatic rings. The Morgan fingerprint density at radius 3 is 2.51 bits per heavy atom. The van der Waals surface area contributed by atoms with Gasteiger partial charge in [0.05, 0.1) is 6.54 Å². The zero-order chi connectivity index (χ0) is 24.2. The number of fused-ring (bicyclic) bond motifs is 1. The Balaban J connectivity index is 1.34. The van der Waals surface area contributed by atoms with Gasteiger partial charge in [-0.2, -0.15) is 5.10 Å². The van der Waals surface area contributed by atoms with E-state index in [0.29, 0.717) is 24.5 Å². The van der Waals surface area contributed by atoms with Gasteiger partial charge in [0.25, 0.3) is 5.91 Å². The summed E-state index contributed by atoms with van der Waals surface area (Å²) < 4.78 is 8.04. The van der Waals surface area contributed by atoms with Gasteiger partial charge in [-0.3, -0.25) is 9.48 Å². The smallest absolute Gasteiger partial charge is 0.257 e. The Labute approximate surface area is 205 Å². The van der Waals surface area contributed by atoms with Crippen molar-refractivity contribution in [2.24, 2.45) is 0 Å². The van der Waals surface area contributed by atoms with Crippen molar-refractivity contribution in [2.45, 2.75) is 27.0 Å². The first-order valence-corrected chi connectivity index (χ1v) is 11.7. The Bertz CT molecular complexity index is 1480. The van der Waals surface area contributed by atoms with E-state index in [4.69, 9.17) is 4.74 Å². The van der Waals surface area contributed by atoms with Gasteiger partial charge >= 0.3 is 0 Å². The van der Waals surface area contributed by atoms with Gasteiger partial charge in [-0.1, -0.05) is 84.4 Å². The fourth-order valence-corrected chi connectivity index (χ4v) is 4.21. The van der Waals surface area contributed by atoms with Crippen molar-refractivity contribution in [3.8, 4) is 5.75 Å². The van der Waals surface area contributed by atoms with Crippen LogP contribution in [-0.2, 0) is 13.2 Å². The van der Waals surface area contributed by atoms with Crippen LogP contribution >= 0.6 is 0 Å². The maximum Gasteiger partial charge on any atom is 0.257 e. The van der Waals surface area contributed by atoms with Gasteiger partial charge in [0.15, 0.2) is 5.82 Å². The van der Waals surface area contributed by atoms with Gasteiger partial charge in [0.2, 0.25) is 0 Å². The van der Waals surface area contributed by atoms with Crippen molar-refractivity contribution < 1.29 is 9.53 Å². The summed E-state index contributed by atoms with van der Waals surface area (Å²) in [6, 6.07) is 31.8. The van der Waals surface area contributed by atoms with Crippen LogP contribution in [0.4, 0.5) is 5.82 Å². The van der Waals surface area contributed by atoms with Gasteiger partial charge in [0.1, 0.15) is 12.4 Å². The standard InChI is InChI=1S/C30H27N3O2/c1-21-15-16-28(35-20-23-9-4-3-5-10-23)25(17-21)19-33-22(2)18-29(32-33)31-30(34)27-14-8-12-24-11-6-7-13-26(24)27/h3-18H,19-20H2,1-2H3,(H,31,32,34). The van der Waals surface area contributed by atoms with E-state index in [1.165, 1.54) is 0 Å². The lowest BCUT2D eigenvalue weighted by Crippen LogP contribution is -2.13. The lowest BCUT2D eigenvalue weighted by molar-refractivity contribution is 0.102. The molecule has 5 nitrogen and oxygen atoms in total. The number of nitrogens with one attached hydrogen (secondary N) is 1. The highest BCUT2D eigenvalue weighted by Crippen LogP contribution is 2.24. The third kappa shape index (κ3) is 5.09. The summed E-state index contributed by atoms with van der Waals surface area (Å²) in [5.74, 6) is 1.18. The summed E-state index contributed by atoms with van der Waals surface area (Å²) in [5, 5.41) is 9.59. The molecule has 0 radical (unpaired) electrons. The van der Waals surface area contributed by atoms with Crippen molar-refractivity contribution in [1.82, 2.24) is 9.78 Å². The predicted octanol–water partition coefficient (Wildman–Crippen LogP) is 6.53. The van der Waals surface area contributed by atoms with Crippen LogP contribution in [0.5, 0.6) is 5.75 Å². The number of hydrogen-bond donors (Lipinski definition) is 1. The van der Waals surface area contributed by atoms with Crippen LogP contribution in [-0.4, -0.2) is 15.7 Å². The quantitative estimate of drug-likeness (QED) is 0.300. The molecule has 4 aromatic carbocycles. The largest absolute Gasteiger partial charge is 0.489 e. The van der Waals surface area contributed by atoms with E-state index in [1.54, 1.807) is 0 Å². The number of benzene rings is 4. The van der Waals surface area contributed by atoms with E-state index in [2.05, 4.69) is 41.6 Å². The molecule has 0 spiro atoms. The molecule has 5 heteroatoms. The SMILES string of the molecule is Cc1ccc(OCc2ccccc2)c(Cn2nc(NC(=O)c3cccc4ccccc34)cc2C)c1. The van der Waals surface area contributed by atoms with Crippen molar-refractivity contribution in [2.75, 3.05) is 5.32 Å². The van der Waals surface area contributed by atoms with Crippen LogP contribution in [0.15, 0.2) is 97.1 Å². The number of rotatable bonds is 7. The number of aromatic nitrogens is 2. The maximum atomic E-state index is 13.0. The summed E-state index contributed by atoms with van der Waals surface area (Å²) in [6.45, 7) is 5.10. The molecule has 0 bridgehead atoms. The molecule has 0 saturated carbocycles. The number of hydrogen-bond acceptors (Lipinski definition) is 3. The minimum atomic E-state index is -0.172. The number of aryl methyl sites for hydroxylation is 2. The zero-order valence-electron chi connectivity index (χ0n) is 19.9. The molecule has 5 rings (SSSR count). The average molecular weight is 462 g/mol. The van der Waals surface area contributed by atoms with Crippen molar-refractivity contribution in [3.05, 3.63) is 125 Å². The van der Waals surface area contributed by atoms with E-state index in [0.717, 1.165) is 38.9 Å². The summed E-state index contributed by atoms with van der Waals surface area (Å²) >= 11 is 0. The molecular weight excluding hydrogens is 434 g/mol. The van der Waals surface area contributed by atoms with Gasteiger partial charge in [-0.25, -0.2) is 0 Å². The van der Waals surface area contributed by atoms with E-state index in [1.807, 2.05) is 84.4 Å². The molecule has 0 atom stereocenters. The molecule has 1 heterocycles. The lowest BCUT2D eigenvalue weighted by atomic mass is 10.0.